The molecule has 1 aromatic carbocycles. The van der Waals surface area contributed by atoms with E-state index in [4.69, 9.17) is 22.3 Å². The zero-order valence-corrected chi connectivity index (χ0v) is 14.8. The van der Waals surface area contributed by atoms with Crippen molar-refractivity contribution in [2.75, 3.05) is 0 Å². The van der Waals surface area contributed by atoms with Crippen LogP contribution >= 0.6 is 38.2 Å². The minimum absolute atomic E-state index is 0.0287. The molecule has 0 atom stereocenters. The number of hydrogen-bond donors (Lipinski definition) is 1. The Labute approximate surface area is 136 Å². The van der Waals surface area contributed by atoms with E-state index < -0.39 is 9.05 Å². The van der Waals surface area contributed by atoms with Gasteiger partial charge in [0.05, 0.1) is 14.4 Å². The molecule has 4 nitrogen and oxygen atoms in total. The highest BCUT2D eigenvalue weighted by atomic mass is 79.9. The smallest absolute Gasteiger partial charge is 0.262 e. The highest BCUT2D eigenvalue weighted by molar-refractivity contribution is 9.10. The van der Waals surface area contributed by atoms with Gasteiger partial charge in [-0.3, -0.25) is 4.79 Å². The summed E-state index contributed by atoms with van der Waals surface area (Å²) in [7, 11) is 1.33. The van der Waals surface area contributed by atoms with E-state index in [1.165, 1.54) is 12.1 Å². The van der Waals surface area contributed by atoms with Gasteiger partial charge < -0.3 is 5.32 Å². The molecule has 1 aromatic rings. The summed E-state index contributed by atoms with van der Waals surface area (Å²) >= 11 is 8.97. The first-order valence-electron chi connectivity index (χ1n) is 5.95. The second kappa shape index (κ2) is 7.11. The van der Waals surface area contributed by atoms with Crippen LogP contribution in [0.15, 0.2) is 21.5 Å². The van der Waals surface area contributed by atoms with E-state index in [1.807, 2.05) is 13.8 Å². The van der Waals surface area contributed by atoms with Crippen LogP contribution in [0, 0.1) is 0 Å². The summed E-state index contributed by atoms with van der Waals surface area (Å²) in [6.07, 6.45) is 1.57. The Bertz CT molecular complexity index is 615. The van der Waals surface area contributed by atoms with E-state index in [2.05, 4.69) is 21.2 Å². The van der Waals surface area contributed by atoms with Crippen molar-refractivity contribution in [1.29, 1.82) is 0 Å². The Hall–Kier alpha value is -0.300. The van der Waals surface area contributed by atoms with Gasteiger partial charge in [-0.2, -0.15) is 0 Å². The van der Waals surface area contributed by atoms with Gasteiger partial charge in [-0.1, -0.05) is 25.4 Å². The monoisotopic (exact) mass is 401 g/mol. The zero-order valence-electron chi connectivity index (χ0n) is 10.9. The Balaban J connectivity index is 3.21. The predicted octanol–water partition coefficient (Wildman–Crippen LogP) is 3.95. The molecule has 112 valence electrons. The SMILES string of the molecule is CCC(CC)NC(=O)c1cc(Cl)c(Br)c(S(=O)(=O)Cl)c1. The minimum atomic E-state index is -3.99. The largest absolute Gasteiger partial charge is 0.349 e. The molecule has 20 heavy (non-hydrogen) atoms. The van der Waals surface area contributed by atoms with Gasteiger partial charge >= 0.3 is 0 Å². The maximum atomic E-state index is 12.1. The summed E-state index contributed by atoms with van der Waals surface area (Å²) in [5.41, 5.74) is 0.157. The van der Waals surface area contributed by atoms with Gasteiger partial charge in [0, 0.05) is 22.3 Å². The Morgan fingerprint density at radius 3 is 2.35 bits per heavy atom. The molecule has 1 rings (SSSR count). The number of benzene rings is 1. The lowest BCUT2D eigenvalue weighted by atomic mass is 10.1. The summed E-state index contributed by atoms with van der Waals surface area (Å²) in [4.78, 5) is 11.9. The van der Waals surface area contributed by atoms with Crippen molar-refractivity contribution in [2.24, 2.45) is 0 Å². The van der Waals surface area contributed by atoms with E-state index in [0.717, 1.165) is 12.8 Å². The van der Waals surface area contributed by atoms with Gasteiger partial charge in [0.2, 0.25) is 0 Å². The van der Waals surface area contributed by atoms with Crippen molar-refractivity contribution < 1.29 is 13.2 Å². The van der Waals surface area contributed by atoms with Crippen molar-refractivity contribution in [2.45, 2.75) is 37.6 Å². The van der Waals surface area contributed by atoms with E-state index >= 15 is 0 Å². The molecule has 8 heteroatoms. The Morgan fingerprint density at radius 1 is 1.35 bits per heavy atom. The average Bonchev–Trinajstić information content (AvgIpc) is 2.37. The molecule has 1 N–H and O–H groups in total. The molecular weight excluding hydrogens is 389 g/mol. The number of carbonyl (C=O) groups is 1. The number of hydrogen-bond acceptors (Lipinski definition) is 3. The maximum absolute atomic E-state index is 12.1. The van der Waals surface area contributed by atoms with Gasteiger partial charge in [-0.05, 0) is 40.9 Å². The molecular formula is C12H14BrCl2NO3S. The first-order chi connectivity index (χ1) is 9.20. The molecule has 0 radical (unpaired) electrons. The van der Waals surface area contributed by atoms with Crippen molar-refractivity contribution in [3.05, 3.63) is 27.2 Å². The van der Waals surface area contributed by atoms with Crippen molar-refractivity contribution in [3.63, 3.8) is 0 Å². The lowest BCUT2D eigenvalue weighted by molar-refractivity contribution is 0.0934. The van der Waals surface area contributed by atoms with Gasteiger partial charge in [-0.15, -0.1) is 0 Å². The molecule has 0 heterocycles. The van der Waals surface area contributed by atoms with E-state index in [0.29, 0.717) is 0 Å². The van der Waals surface area contributed by atoms with E-state index in [1.54, 1.807) is 0 Å². The third kappa shape index (κ3) is 4.35. The third-order valence-electron chi connectivity index (χ3n) is 2.84. The fraction of sp³-hybridized carbons (Fsp3) is 0.417. The molecule has 0 aliphatic carbocycles. The van der Waals surface area contributed by atoms with Crippen molar-refractivity contribution in [1.82, 2.24) is 5.32 Å². The van der Waals surface area contributed by atoms with Gasteiger partial charge in [0.25, 0.3) is 15.0 Å². The van der Waals surface area contributed by atoms with Crippen LogP contribution in [-0.2, 0) is 9.05 Å². The molecule has 0 saturated heterocycles. The van der Waals surface area contributed by atoms with Crippen molar-refractivity contribution >= 4 is 53.2 Å². The second-order valence-corrected chi connectivity index (χ2v) is 7.93. The Morgan fingerprint density at radius 2 is 1.90 bits per heavy atom. The lowest BCUT2D eigenvalue weighted by Gasteiger charge is -2.15. The highest BCUT2D eigenvalue weighted by Crippen LogP contribution is 2.33. The molecule has 0 aromatic heterocycles. The summed E-state index contributed by atoms with van der Waals surface area (Å²) in [6.45, 7) is 3.91. The standard InChI is InChI=1S/C12H14BrCl2NO3S/c1-3-8(4-2)16-12(17)7-5-9(14)11(13)10(6-7)20(15,18)19/h5-6,8H,3-4H2,1-2H3,(H,16,17). The predicted molar refractivity (Wildman–Crippen MR) is 84.0 cm³/mol. The first-order valence-corrected chi connectivity index (χ1v) is 9.43. The Kier molecular flexibility index (Phi) is 6.31. The van der Waals surface area contributed by atoms with Crippen LogP contribution in [0.4, 0.5) is 0 Å². The van der Waals surface area contributed by atoms with Crippen LogP contribution in [0.1, 0.15) is 37.0 Å². The number of carbonyl (C=O) groups excluding carboxylic acids is 1. The molecule has 0 fully saturated rings. The van der Waals surface area contributed by atoms with Gasteiger partial charge in [0.15, 0.2) is 0 Å². The zero-order chi connectivity index (χ0) is 15.5. The van der Waals surface area contributed by atoms with E-state index in [-0.39, 0.29) is 31.9 Å². The van der Waals surface area contributed by atoms with Gasteiger partial charge in [-0.25, -0.2) is 8.42 Å². The van der Waals surface area contributed by atoms with E-state index in [9.17, 15) is 13.2 Å². The van der Waals surface area contributed by atoms with Crippen LogP contribution in [0.25, 0.3) is 0 Å². The molecule has 0 unspecified atom stereocenters. The molecule has 1 amide bonds. The summed E-state index contributed by atoms with van der Waals surface area (Å²) < 4.78 is 23.1. The fourth-order valence-electron chi connectivity index (χ4n) is 1.63. The number of amides is 1. The maximum Gasteiger partial charge on any atom is 0.262 e. The highest BCUT2D eigenvalue weighted by Gasteiger charge is 2.21. The third-order valence-corrected chi connectivity index (χ3v) is 5.83. The lowest BCUT2D eigenvalue weighted by Crippen LogP contribution is -2.33. The molecule has 0 spiro atoms. The topological polar surface area (TPSA) is 63.2 Å². The summed E-state index contributed by atoms with van der Waals surface area (Å²) in [6, 6.07) is 2.63. The fourth-order valence-corrected chi connectivity index (χ4v) is 4.01. The molecule has 0 bridgehead atoms. The number of halogens is 3. The van der Waals surface area contributed by atoms with Gasteiger partial charge in [0.1, 0.15) is 0 Å². The number of rotatable bonds is 5. The minimum Gasteiger partial charge on any atom is -0.349 e. The first kappa shape index (κ1) is 17.8. The molecule has 0 saturated carbocycles. The van der Waals surface area contributed by atoms with Crippen LogP contribution in [-0.4, -0.2) is 20.4 Å². The summed E-state index contributed by atoms with van der Waals surface area (Å²) in [5, 5.41) is 2.92. The van der Waals surface area contributed by atoms with Crippen LogP contribution in [0.2, 0.25) is 5.02 Å². The van der Waals surface area contributed by atoms with Crippen LogP contribution in [0.3, 0.4) is 0 Å². The van der Waals surface area contributed by atoms with Crippen LogP contribution < -0.4 is 5.32 Å². The second-order valence-electron chi connectivity index (χ2n) is 4.19. The van der Waals surface area contributed by atoms with Crippen molar-refractivity contribution in [3.8, 4) is 0 Å². The normalized spacial score (nSPS) is 11.7. The van der Waals surface area contributed by atoms with Crippen LogP contribution in [0.5, 0.6) is 0 Å². The summed E-state index contributed by atoms with van der Waals surface area (Å²) in [5.74, 6) is -0.380. The average molecular weight is 403 g/mol. The molecule has 0 aliphatic heterocycles. The quantitative estimate of drug-likeness (QED) is 0.758. The molecule has 0 aliphatic rings. The number of nitrogens with one attached hydrogen (secondary N) is 1.